The molecule has 0 atom stereocenters. The van der Waals surface area contributed by atoms with Crippen LogP contribution in [0.4, 0.5) is 0 Å². The minimum absolute atomic E-state index is 0.599. The third-order valence-corrected chi connectivity index (χ3v) is 2.46. The molecule has 2 nitrogen and oxygen atoms in total. The predicted octanol–water partition coefficient (Wildman–Crippen LogP) is 1.23. The molecule has 12 heavy (non-hydrogen) atoms. The van der Waals surface area contributed by atoms with Gasteiger partial charge in [-0.25, -0.2) is 0 Å². The van der Waals surface area contributed by atoms with E-state index in [1.165, 1.54) is 0 Å². The van der Waals surface area contributed by atoms with Crippen LogP contribution in [0.3, 0.4) is 0 Å². The van der Waals surface area contributed by atoms with Crippen molar-refractivity contribution in [2.75, 3.05) is 14.2 Å². The van der Waals surface area contributed by atoms with E-state index in [0.29, 0.717) is 0 Å². The van der Waals surface area contributed by atoms with E-state index in [0.717, 1.165) is 18.4 Å². The molecule has 1 heterocycles. The molecule has 0 unspecified atom stereocenters. The van der Waals surface area contributed by atoms with E-state index in [1.54, 1.807) is 14.2 Å². The van der Waals surface area contributed by atoms with Gasteiger partial charge in [0, 0.05) is 14.2 Å². The molecule has 0 aromatic rings. The second kappa shape index (κ2) is 3.46. The lowest BCUT2D eigenvalue weighted by atomic mass is 9.68. The Labute approximate surface area is 74.5 Å². The van der Waals surface area contributed by atoms with Gasteiger partial charge in [0.25, 0.3) is 0 Å². The Bertz CT molecular complexity index is 207. The van der Waals surface area contributed by atoms with Gasteiger partial charge in [0.2, 0.25) is 5.79 Å². The topological polar surface area (TPSA) is 18.5 Å². The van der Waals surface area contributed by atoms with Gasteiger partial charge in [-0.1, -0.05) is 0 Å². The van der Waals surface area contributed by atoms with E-state index in [2.05, 4.69) is 12.0 Å². The highest BCUT2D eigenvalue weighted by atomic mass is 16.7. The van der Waals surface area contributed by atoms with Gasteiger partial charge in [0.15, 0.2) is 7.28 Å². The van der Waals surface area contributed by atoms with Crippen LogP contribution in [0, 0.1) is 0 Å². The molecular weight excluding hydrogens is 151 g/mol. The first-order chi connectivity index (χ1) is 5.67. The number of hydrogen-bond acceptors (Lipinski definition) is 2. The summed E-state index contributed by atoms with van der Waals surface area (Å²) in [6.45, 7) is 4.06. The van der Waals surface area contributed by atoms with Crippen molar-refractivity contribution in [1.29, 1.82) is 0 Å². The maximum Gasteiger partial charge on any atom is 0.211 e. The van der Waals surface area contributed by atoms with E-state index >= 15 is 0 Å². The Balaban J connectivity index is 3.02. The highest BCUT2D eigenvalue weighted by Gasteiger charge is 2.34. The van der Waals surface area contributed by atoms with Crippen LogP contribution < -0.4 is 0 Å². The van der Waals surface area contributed by atoms with Crippen LogP contribution in [0.25, 0.3) is 0 Å². The van der Waals surface area contributed by atoms with Crippen molar-refractivity contribution in [3.63, 3.8) is 0 Å². The maximum atomic E-state index is 5.39. The highest BCUT2D eigenvalue weighted by Crippen LogP contribution is 2.31. The standard InChI is InChI=1S/C9H15BO2/c1-7-5-10-6-8(2)9(7,11-3)12-4/h5-6,10H,1-4H3. The molecule has 66 valence electrons. The number of hydrogen-bond donors (Lipinski definition) is 0. The molecule has 0 saturated carbocycles. The van der Waals surface area contributed by atoms with E-state index in [4.69, 9.17) is 9.47 Å². The summed E-state index contributed by atoms with van der Waals surface area (Å²) >= 11 is 0. The van der Waals surface area contributed by atoms with Gasteiger partial charge >= 0.3 is 0 Å². The fraction of sp³-hybridized carbons (Fsp3) is 0.556. The van der Waals surface area contributed by atoms with Gasteiger partial charge in [0.1, 0.15) is 0 Å². The molecule has 1 rings (SSSR count). The molecule has 0 N–H and O–H groups in total. The minimum Gasteiger partial charge on any atom is -0.346 e. The second-order valence-corrected chi connectivity index (χ2v) is 3.03. The van der Waals surface area contributed by atoms with Crippen molar-refractivity contribution in [3.05, 3.63) is 23.1 Å². The summed E-state index contributed by atoms with van der Waals surface area (Å²) in [4.78, 5) is 0. The predicted molar refractivity (Wildman–Crippen MR) is 51.4 cm³/mol. The zero-order valence-electron chi connectivity index (χ0n) is 8.18. The summed E-state index contributed by atoms with van der Waals surface area (Å²) in [5, 5.41) is 0. The average molecular weight is 166 g/mol. The molecule has 0 fully saturated rings. The molecule has 1 aliphatic heterocycles. The lowest BCUT2D eigenvalue weighted by molar-refractivity contribution is -0.150. The van der Waals surface area contributed by atoms with Gasteiger partial charge in [-0.3, -0.25) is 0 Å². The number of methoxy groups -OCH3 is 2. The minimum atomic E-state index is -0.599. The van der Waals surface area contributed by atoms with Gasteiger partial charge in [-0.2, -0.15) is 0 Å². The SMILES string of the molecule is COC1(OC)C(C)=CBC=C1C. The number of rotatable bonds is 2. The van der Waals surface area contributed by atoms with Gasteiger partial charge in [-0.15, -0.1) is 12.0 Å². The van der Waals surface area contributed by atoms with Crippen molar-refractivity contribution >= 4 is 7.28 Å². The molecule has 3 heteroatoms. The summed E-state index contributed by atoms with van der Waals surface area (Å²) < 4.78 is 10.8. The van der Waals surface area contributed by atoms with E-state index in [1.807, 2.05) is 13.8 Å². The smallest absolute Gasteiger partial charge is 0.211 e. The van der Waals surface area contributed by atoms with Crippen LogP contribution >= 0.6 is 0 Å². The first kappa shape index (κ1) is 9.55. The van der Waals surface area contributed by atoms with Gasteiger partial charge in [-0.05, 0) is 25.0 Å². The number of ether oxygens (including phenoxy) is 2. The van der Waals surface area contributed by atoms with Gasteiger partial charge < -0.3 is 9.47 Å². The van der Waals surface area contributed by atoms with E-state index < -0.39 is 5.79 Å². The molecule has 0 aromatic carbocycles. The first-order valence-electron chi connectivity index (χ1n) is 4.12. The molecule has 0 spiro atoms. The molecular formula is C9H15BO2. The molecule has 0 radical (unpaired) electrons. The van der Waals surface area contributed by atoms with Crippen LogP contribution in [-0.4, -0.2) is 27.3 Å². The van der Waals surface area contributed by atoms with Crippen LogP contribution in [0.5, 0.6) is 0 Å². The summed E-state index contributed by atoms with van der Waals surface area (Å²) in [5.74, 6) is 3.65. The van der Waals surface area contributed by atoms with Crippen LogP contribution in [0.15, 0.2) is 23.1 Å². The summed E-state index contributed by atoms with van der Waals surface area (Å²) in [6, 6.07) is 0. The third kappa shape index (κ3) is 1.23. The zero-order chi connectivity index (χ0) is 9.19. The van der Waals surface area contributed by atoms with Crippen molar-refractivity contribution < 1.29 is 9.47 Å². The van der Waals surface area contributed by atoms with Crippen molar-refractivity contribution in [2.45, 2.75) is 19.6 Å². The summed E-state index contributed by atoms with van der Waals surface area (Å²) in [6.07, 6.45) is 0. The van der Waals surface area contributed by atoms with E-state index in [9.17, 15) is 0 Å². The molecule has 0 bridgehead atoms. The Hall–Kier alpha value is -0.535. The first-order valence-corrected chi connectivity index (χ1v) is 4.12. The fourth-order valence-corrected chi connectivity index (χ4v) is 1.72. The van der Waals surface area contributed by atoms with Crippen LogP contribution in [-0.2, 0) is 9.47 Å². The largest absolute Gasteiger partial charge is 0.346 e. The monoisotopic (exact) mass is 166 g/mol. The Morgan fingerprint density at radius 1 is 1.08 bits per heavy atom. The fourth-order valence-electron chi connectivity index (χ4n) is 1.72. The maximum absolute atomic E-state index is 5.39. The lowest BCUT2D eigenvalue weighted by Gasteiger charge is -2.35. The Morgan fingerprint density at radius 2 is 1.50 bits per heavy atom. The molecule has 0 aromatic heterocycles. The van der Waals surface area contributed by atoms with Gasteiger partial charge in [0.05, 0.1) is 0 Å². The molecule has 0 aliphatic carbocycles. The summed E-state index contributed by atoms with van der Waals surface area (Å²) in [7, 11) is 4.32. The average Bonchev–Trinajstić information content (AvgIpc) is 2.06. The third-order valence-electron chi connectivity index (χ3n) is 2.46. The quantitative estimate of drug-likeness (QED) is 0.453. The summed E-state index contributed by atoms with van der Waals surface area (Å²) in [5.41, 5.74) is 2.26. The van der Waals surface area contributed by atoms with Crippen LogP contribution in [0.1, 0.15) is 13.8 Å². The Kier molecular flexibility index (Phi) is 2.75. The van der Waals surface area contributed by atoms with Crippen LogP contribution in [0.2, 0.25) is 0 Å². The highest BCUT2D eigenvalue weighted by molar-refractivity contribution is 6.49. The zero-order valence-corrected chi connectivity index (χ0v) is 8.18. The normalized spacial score (nSPS) is 21.0. The molecule has 0 saturated heterocycles. The van der Waals surface area contributed by atoms with Crippen molar-refractivity contribution in [1.82, 2.24) is 0 Å². The lowest BCUT2D eigenvalue weighted by Crippen LogP contribution is -2.38. The molecule has 1 aliphatic rings. The van der Waals surface area contributed by atoms with Crippen molar-refractivity contribution in [3.8, 4) is 0 Å². The molecule has 0 amide bonds. The van der Waals surface area contributed by atoms with E-state index in [-0.39, 0.29) is 0 Å². The Morgan fingerprint density at radius 3 is 1.75 bits per heavy atom. The van der Waals surface area contributed by atoms with Crippen molar-refractivity contribution in [2.24, 2.45) is 0 Å². The second-order valence-electron chi connectivity index (χ2n) is 3.03.